The smallest absolute Gasteiger partial charge is 0.210 e. The van der Waals surface area contributed by atoms with Crippen LogP contribution < -0.4 is 4.74 Å². The van der Waals surface area contributed by atoms with Crippen LogP contribution in [0.15, 0.2) is 30.3 Å². The number of ether oxygens (including phenoxy) is 1. The van der Waals surface area contributed by atoms with Gasteiger partial charge in [-0.3, -0.25) is 9.78 Å². The highest BCUT2D eigenvalue weighted by molar-refractivity contribution is 5.85. The first-order valence-corrected chi connectivity index (χ1v) is 6.45. The van der Waals surface area contributed by atoms with Gasteiger partial charge in [-0.15, -0.1) is 0 Å². The molecule has 1 heterocycles. The molecule has 1 aromatic heterocycles. The van der Waals surface area contributed by atoms with Crippen LogP contribution in [-0.2, 0) is 11.3 Å². The Morgan fingerprint density at radius 1 is 1.42 bits per heavy atom. The minimum atomic E-state index is 0.400. The van der Waals surface area contributed by atoms with E-state index >= 15 is 0 Å². The van der Waals surface area contributed by atoms with Crippen molar-refractivity contribution in [1.29, 1.82) is 0 Å². The molecule has 1 amide bonds. The van der Waals surface area contributed by atoms with Crippen LogP contribution in [0.25, 0.3) is 10.9 Å². The van der Waals surface area contributed by atoms with E-state index in [-0.39, 0.29) is 0 Å². The van der Waals surface area contributed by atoms with E-state index in [2.05, 4.69) is 4.98 Å². The molecule has 0 saturated heterocycles. The Bertz CT molecular complexity index is 608. The number of carbonyl (C=O) groups excluding carboxylic acids is 1. The van der Waals surface area contributed by atoms with Crippen LogP contribution in [0.3, 0.4) is 0 Å². The fraction of sp³-hybridized carbons (Fsp3) is 0.333. The first-order chi connectivity index (χ1) is 9.31. The molecule has 98 valence electrons. The van der Waals surface area contributed by atoms with E-state index in [4.69, 9.17) is 4.74 Å². The minimum Gasteiger partial charge on any atom is -0.496 e. The second-order valence-electron chi connectivity index (χ2n) is 4.84. The summed E-state index contributed by atoms with van der Waals surface area (Å²) in [7, 11) is 1.66. The molecule has 2 aromatic rings. The predicted octanol–water partition coefficient (Wildman–Crippen LogP) is 2.36. The molecule has 1 saturated carbocycles. The number of carbonyl (C=O) groups is 1. The average molecular weight is 256 g/mol. The summed E-state index contributed by atoms with van der Waals surface area (Å²) in [4.78, 5) is 17.5. The van der Waals surface area contributed by atoms with E-state index in [0.29, 0.717) is 12.6 Å². The zero-order valence-corrected chi connectivity index (χ0v) is 10.9. The van der Waals surface area contributed by atoms with Gasteiger partial charge in [0.05, 0.1) is 24.9 Å². The van der Waals surface area contributed by atoms with E-state index in [1.165, 1.54) is 0 Å². The Hall–Kier alpha value is -2.10. The second kappa shape index (κ2) is 4.88. The number of nitrogens with zero attached hydrogens (tertiary/aromatic N) is 2. The van der Waals surface area contributed by atoms with Crippen LogP contribution in [0.2, 0.25) is 0 Å². The van der Waals surface area contributed by atoms with Crippen LogP contribution in [0, 0.1) is 0 Å². The van der Waals surface area contributed by atoms with Crippen molar-refractivity contribution < 1.29 is 9.53 Å². The molecule has 4 nitrogen and oxygen atoms in total. The summed E-state index contributed by atoms with van der Waals surface area (Å²) in [6.45, 7) is 0.551. The Balaban J connectivity index is 1.96. The van der Waals surface area contributed by atoms with Gasteiger partial charge < -0.3 is 9.64 Å². The molecule has 0 bridgehead atoms. The van der Waals surface area contributed by atoms with Gasteiger partial charge in [0, 0.05) is 17.5 Å². The topological polar surface area (TPSA) is 42.4 Å². The number of rotatable bonds is 5. The number of hydrogen-bond donors (Lipinski definition) is 0. The molecule has 19 heavy (non-hydrogen) atoms. The molecule has 0 spiro atoms. The largest absolute Gasteiger partial charge is 0.496 e. The van der Waals surface area contributed by atoms with Gasteiger partial charge in [-0.05, 0) is 25.0 Å². The normalized spacial score (nSPS) is 14.4. The third kappa shape index (κ3) is 2.38. The van der Waals surface area contributed by atoms with Crippen molar-refractivity contribution in [3.63, 3.8) is 0 Å². The molecule has 0 unspecified atom stereocenters. The number of pyridine rings is 1. The molecule has 0 radical (unpaired) electrons. The van der Waals surface area contributed by atoms with E-state index in [1.54, 1.807) is 7.11 Å². The molecule has 1 aliphatic rings. The quantitative estimate of drug-likeness (QED) is 0.771. The zero-order chi connectivity index (χ0) is 13.2. The maximum atomic E-state index is 11.1. The maximum Gasteiger partial charge on any atom is 0.210 e. The highest BCUT2D eigenvalue weighted by Crippen LogP contribution is 2.29. The monoisotopic (exact) mass is 256 g/mol. The summed E-state index contributed by atoms with van der Waals surface area (Å²) in [6, 6.07) is 10.2. The molecule has 1 fully saturated rings. The number of para-hydroxylation sites is 1. The molecule has 1 aliphatic carbocycles. The van der Waals surface area contributed by atoms with Gasteiger partial charge in [0.2, 0.25) is 6.41 Å². The van der Waals surface area contributed by atoms with Gasteiger partial charge >= 0.3 is 0 Å². The van der Waals surface area contributed by atoms with Crippen LogP contribution in [0.1, 0.15) is 18.5 Å². The van der Waals surface area contributed by atoms with Gasteiger partial charge in [-0.25, -0.2) is 0 Å². The highest BCUT2D eigenvalue weighted by atomic mass is 16.5. The zero-order valence-electron chi connectivity index (χ0n) is 10.9. The molecular formula is C15H16N2O2. The number of hydrogen-bond acceptors (Lipinski definition) is 3. The highest BCUT2D eigenvalue weighted by Gasteiger charge is 2.28. The first kappa shape index (κ1) is 12.0. The SMILES string of the molecule is COc1cc(CN(C=O)C2CC2)nc2ccccc12. The van der Waals surface area contributed by atoms with Gasteiger partial charge in [-0.2, -0.15) is 0 Å². The third-order valence-electron chi connectivity index (χ3n) is 3.45. The van der Waals surface area contributed by atoms with Crippen LogP contribution >= 0.6 is 0 Å². The van der Waals surface area contributed by atoms with Gasteiger partial charge in [0.1, 0.15) is 5.75 Å². The van der Waals surface area contributed by atoms with Crippen molar-refractivity contribution in [3.05, 3.63) is 36.0 Å². The van der Waals surface area contributed by atoms with E-state index in [0.717, 1.165) is 41.6 Å². The first-order valence-electron chi connectivity index (χ1n) is 6.45. The van der Waals surface area contributed by atoms with Crippen molar-refractivity contribution >= 4 is 17.3 Å². The number of amides is 1. The van der Waals surface area contributed by atoms with E-state index < -0.39 is 0 Å². The molecule has 0 N–H and O–H groups in total. The van der Waals surface area contributed by atoms with Gasteiger partial charge in [0.25, 0.3) is 0 Å². The summed E-state index contributed by atoms with van der Waals surface area (Å²) in [6.07, 6.45) is 3.12. The summed E-state index contributed by atoms with van der Waals surface area (Å²) in [5.41, 5.74) is 1.77. The third-order valence-corrected chi connectivity index (χ3v) is 3.45. The summed E-state index contributed by atoms with van der Waals surface area (Å²) < 4.78 is 5.41. The molecule has 3 rings (SSSR count). The number of fused-ring (bicyclic) bond motifs is 1. The fourth-order valence-electron chi connectivity index (χ4n) is 2.29. The number of aromatic nitrogens is 1. The second-order valence-corrected chi connectivity index (χ2v) is 4.84. The molecular weight excluding hydrogens is 240 g/mol. The van der Waals surface area contributed by atoms with Gasteiger partial charge in [0.15, 0.2) is 0 Å². The lowest BCUT2D eigenvalue weighted by molar-refractivity contribution is -0.119. The lowest BCUT2D eigenvalue weighted by Crippen LogP contribution is -2.24. The number of methoxy groups -OCH3 is 1. The molecule has 0 aliphatic heterocycles. The predicted molar refractivity (Wildman–Crippen MR) is 72.9 cm³/mol. The Kier molecular flexibility index (Phi) is 3.07. The lowest BCUT2D eigenvalue weighted by Gasteiger charge is -2.17. The van der Waals surface area contributed by atoms with Crippen LogP contribution in [0.5, 0.6) is 5.75 Å². The Morgan fingerprint density at radius 3 is 2.89 bits per heavy atom. The Labute approximate surface area is 112 Å². The molecule has 4 heteroatoms. The standard InChI is InChI=1S/C15H16N2O2/c1-19-15-8-11(9-17(10-18)12-6-7-12)16-14-5-3-2-4-13(14)15/h2-5,8,10,12H,6-7,9H2,1H3. The number of benzene rings is 1. The van der Waals surface area contributed by atoms with Gasteiger partial charge in [-0.1, -0.05) is 12.1 Å². The average Bonchev–Trinajstić information content (AvgIpc) is 3.28. The maximum absolute atomic E-state index is 11.1. The molecule has 0 atom stereocenters. The summed E-state index contributed by atoms with van der Waals surface area (Å²) in [5.74, 6) is 0.808. The van der Waals surface area contributed by atoms with Crippen LogP contribution in [-0.4, -0.2) is 29.4 Å². The van der Waals surface area contributed by atoms with E-state index in [1.807, 2.05) is 35.2 Å². The molecule has 1 aromatic carbocycles. The van der Waals surface area contributed by atoms with Crippen molar-refractivity contribution in [2.45, 2.75) is 25.4 Å². The Morgan fingerprint density at radius 2 is 2.21 bits per heavy atom. The summed E-state index contributed by atoms with van der Waals surface area (Å²) >= 11 is 0. The fourth-order valence-corrected chi connectivity index (χ4v) is 2.29. The summed E-state index contributed by atoms with van der Waals surface area (Å²) in [5, 5.41) is 0.998. The van der Waals surface area contributed by atoms with Crippen molar-refractivity contribution in [2.24, 2.45) is 0 Å². The van der Waals surface area contributed by atoms with Crippen LogP contribution in [0.4, 0.5) is 0 Å². The van der Waals surface area contributed by atoms with E-state index in [9.17, 15) is 4.79 Å². The minimum absolute atomic E-state index is 0.400. The lowest BCUT2D eigenvalue weighted by atomic mass is 10.2. The van der Waals surface area contributed by atoms with Crippen molar-refractivity contribution in [2.75, 3.05) is 7.11 Å². The van der Waals surface area contributed by atoms with Crippen molar-refractivity contribution in [3.8, 4) is 5.75 Å². The van der Waals surface area contributed by atoms with Crippen molar-refractivity contribution in [1.82, 2.24) is 9.88 Å².